The first-order valence-electron chi connectivity index (χ1n) is 8.09. The number of rotatable bonds is 3. The number of hydrogen-bond donors (Lipinski definition) is 1. The standard InChI is InChI=1S/C17H20F4N2O/c1-22-13-8-24-9-14-12(13)6-7-15(23-14)17(20,21)11-4-2-10(3-5-11)16(18)19/h6-7,11,13,22H,2-5,8-9H2,1H3. The maximum Gasteiger partial charge on any atom is 0.292 e. The first-order chi connectivity index (χ1) is 11.4. The van der Waals surface area contributed by atoms with Crippen molar-refractivity contribution in [2.24, 2.45) is 5.92 Å². The Bertz CT molecular complexity index is 633. The maximum absolute atomic E-state index is 14.8. The van der Waals surface area contributed by atoms with Crippen LogP contribution >= 0.6 is 0 Å². The molecule has 1 unspecified atom stereocenters. The molecule has 1 atom stereocenters. The van der Waals surface area contributed by atoms with E-state index < -0.39 is 17.9 Å². The summed E-state index contributed by atoms with van der Waals surface area (Å²) >= 11 is 0. The number of pyridine rings is 1. The molecule has 0 aromatic carbocycles. The first-order valence-corrected chi connectivity index (χ1v) is 8.09. The molecule has 1 aliphatic carbocycles. The summed E-state index contributed by atoms with van der Waals surface area (Å²) in [6, 6.07) is 2.97. The summed E-state index contributed by atoms with van der Waals surface area (Å²) in [6.07, 6.45) is -1.57. The van der Waals surface area contributed by atoms with Crippen molar-refractivity contribution < 1.29 is 22.3 Å². The fourth-order valence-corrected chi connectivity index (χ4v) is 3.46. The van der Waals surface area contributed by atoms with Gasteiger partial charge in [-0.25, -0.2) is 4.98 Å². The normalized spacial score (nSPS) is 24.6. The molecule has 24 heavy (non-hydrogen) atoms. The second-order valence-electron chi connectivity index (χ2n) is 6.35. The molecule has 0 saturated heterocycles. The van der Waals surface area contributed by atoms with Crippen molar-refractivity contribution >= 4 is 0 Å². The van der Waals surface area contributed by atoms with E-state index in [4.69, 9.17) is 4.74 Å². The van der Waals surface area contributed by atoms with E-state index in [0.717, 1.165) is 5.56 Å². The van der Waals surface area contributed by atoms with E-state index in [1.165, 1.54) is 6.07 Å². The van der Waals surface area contributed by atoms with Crippen molar-refractivity contribution in [3.63, 3.8) is 0 Å². The Morgan fingerprint density at radius 2 is 1.96 bits per heavy atom. The monoisotopic (exact) mass is 344 g/mol. The van der Waals surface area contributed by atoms with E-state index in [1.54, 1.807) is 13.1 Å². The van der Waals surface area contributed by atoms with E-state index >= 15 is 0 Å². The third kappa shape index (κ3) is 3.19. The number of nitrogens with zero attached hydrogens (tertiary/aromatic N) is 1. The fourth-order valence-electron chi connectivity index (χ4n) is 3.46. The zero-order valence-corrected chi connectivity index (χ0v) is 13.4. The predicted octanol–water partition coefficient (Wildman–Crippen LogP) is 4.30. The van der Waals surface area contributed by atoms with Gasteiger partial charge in [0.15, 0.2) is 0 Å². The van der Waals surface area contributed by atoms with Crippen LogP contribution in [0, 0.1) is 5.92 Å². The Morgan fingerprint density at radius 3 is 2.58 bits per heavy atom. The van der Waals surface area contributed by atoms with Gasteiger partial charge in [-0.3, -0.25) is 0 Å². The van der Waals surface area contributed by atoms with Crippen molar-refractivity contribution in [3.8, 4) is 0 Å². The van der Waals surface area contributed by atoms with Crippen LogP contribution in [0.4, 0.5) is 17.6 Å². The molecule has 1 aromatic rings. The molecule has 7 heteroatoms. The van der Waals surface area contributed by atoms with Gasteiger partial charge in [0, 0.05) is 5.92 Å². The average Bonchev–Trinajstić information content (AvgIpc) is 2.60. The lowest BCUT2D eigenvalue weighted by Gasteiger charge is -2.31. The molecular formula is C17H20F4N2O. The number of nitrogens with one attached hydrogen (secondary N) is 1. The van der Waals surface area contributed by atoms with Crippen LogP contribution in [0.1, 0.15) is 48.7 Å². The highest BCUT2D eigenvalue weighted by molar-refractivity contribution is 5.29. The first kappa shape index (κ1) is 17.4. The van der Waals surface area contributed by atoms with Crippen molar-refractivity contribution in [3.05, 3.63) is 40.7 Å². The van der Waals surface area contributed by atoms with Gasteiger partial charge in [0.05, 0.1) is 24.9 Å². The highest BCUT2D eigenvalue weighted by Gasteiger charge is 2.44. The van der Waals surface area contributed by atoms with E-state index in [-0.39, 0.29) is 49.6 Å². The molecule has 0 spiro atoms. The lowest BCUT2D eigenvalue weighted by atomic mass is 9.81. The molecule has 1 N–H and O–H groups in total. The molecule has 0 bridgehead atoms. The summed E-state index contributed by atoms with van der Waals surface area (Å²) in [5.74, 6) is -4.09. The summed E-state index contributed by atoms with van der Waals surface area (Å²) in [6.45, 7) is 0.690. The van der Waals surface area contributed by atoms with Crippen molar-refractivity contribution in [2.75, 3.05) is 13.7 Å². The van der Waals surface area contributed by atoms with Crippen LogP contribution in [-0.4, -0.2) is 18.6 Å². The van der Waals surface area contributed by atoms with Gasteiger partial charge in [-0.2, -0.15) is 17.6 Å². The Kier molecular flexibility index (Phi) is 4.92. The minimum atomic E-state index is -3.13. The Labute approximate surface area is 138 Å². The van der Waals surface area contributed by atoms with Gasteiger partial charge in [0.2, 0.25) is 0 Å². The second-order valence-corrected chi connectivity index (χ2v) is 6.35. The van der Waals surface area contributed by atoms with Crippen molar-refractivity contribution in [2.45, 2.75) is 44.3 Å². The summed E-state index contributed by atoms with van der Waals surface area (Å²) < 4.78 is 60.2. The van der Waals surface area contributed by atoms with Crippen LogP contribution in [0.25, 0.3) is 0 Å². The predicted molar refractivity (Wildman–Crippen MR) is 80.8 cm³/mol. The molecule has 3 rings (SSSR count). The molecule has 0 amide bonds. The zero-order chi connectivity index (χ0) is 17.3. The summed E-state index contributed by atoms with van der Waals surface area (Å²) in [7, 11) is 1.78. The zero-order valence-electron chi connectivity index (χ0n) is 13.4. The SMILES string of the molecule is CNC1COCc2nc(C(F)(F)C3CCC(=C(F)F)CC3)ccc21. The van der Waals surface area contributed by atoms with Gasteiger partial charge in [-0.15, -0.1) is 0 Å². The van der Waals surface area contributed by atoms with Gasteiger partial charge in [-0.1, -0.05) is 6.07 Å². The number of hydrogen-bond acceptors (Lipinski definition) is 3. The van der Waals surface area contributed by atoms with E-state index in [1.807, 2.05) is 0 Å². The van der Waals surface area contributed by atoms with Crippen LogP contribution in [0.15, 0.2) is 23.8 Å². The molecule has 132 valence electrons. The van der Waals surface area contributed by atoms with Crippen LogP contribution in [0.5, 0.6) is 0 Å². The fraction of sp³-hybridized carbons (Fsp3) is 0.588. The molecule has 1 aliphatic heterocycles. The van der Waals surface area contributed by atoms with E-state index in [9.17, 15) is 17.6 Å². The van der Waals surface area contributed by atoms with Gasteiger partial charge in [-0.05, 0) is 49.9 Å². The number of allylic oxidation sites excluding steroid dienone is 1. The summed E-state index contributed by atoms with van der Waals surface area (Å²) in [5, 5.41) is 3.07. The lowest BCUT2D eigenvalue weighted by Crippen LogP contribution is -2.32. The van der Waals surface area contributed by atoms with Gasteiger partial charge in [0.25, 0.3) is 12.0 Å². The Morgan fingerprint density at radius 1 is 1.25 bits per heavy atom. The van der Waals surface area contributed by atoms with E-state index in [2.05, 4.69) is 10.3 Å². The van der Waals surface area contributed by atoms with Crippen molar-refractivity contribution in [1.82, 2.24) is 10.3 Å². The smallest absolute Gasteiger partial charge is 0.292 e. The minimum Gasteiger partial charge on any atom is -0.373 e. The highest BCUT2D eigenvalue weighted by Crippen LogP contribution is 2.45. The highest BCUT2D eigenvalue weighted by atomic mass is 19.3. The van der Waals surface area contributed by atoms with Crippen LogP contribution in [0.2, 0.25) is 0 Å². The quantitative estimate of drug-likeness (QED) is 0.830. The van der Waals surface area contributed by atoms with Crippen molar-refractivity contribution in [1.29, 1.82) is 0 Å². The second kappa shape index (κ2) is 6.80. The Hall–Kier alpha value is -1.47. The summed E-state index contributed by atoms with van der Waals surface area (Å²) in [5.41, 5.74) is 1.10. The number of aromatic nitrogens is 1. The lowest BCUT2D eigenvalue weighted by molar-refractivity contribution is -0.0789. The third-order valence-corrected chi connectivity index (χ3v) is 4.97. The number of fused-ring (bicyclic) bond motifs is 1. The largest absolute Gasteiger partial charge is 0.373 e. The molecule has 3 nitrogen and oxygen atoms in total. The third-order valence-electron chi connectivity index (χ3n) is 4.97. The van der Waals surface area contributed by atoms with Crippen LogP contribution in [-0.2, 0) is 17.3 Å². The minimum absolute atomic E-state index is 0.00529. The van der Waals surface area contributed by atoms with Gasteiger partial charge in [0.1, 0.15) is 5.69 Å². The van der Waals surface area contributed by atoms with Gasteiger partial charge < -0.3 is 10.1 Å². The van der Waals surface area contributed by atoms with Crippen LogP contribution < -0.4 is 5.32 Å². The summed E-state index contributed by atoms with van der Waals surface area (Å²) in [4.78, 5) is 4.14. The van der Waals surface area contributed by atoms with E-state index in [0.29, 0.717) is 12.3 Å². The maximum atomic E-state index is 14.8. The molecule has 2 heterocycles. The topological polar surface area (TPSA) is 34.1 Å². The molecule has 0 radical (unpaired) electrons. The average molecular weight is 344 g/mol. The molecule has 1 saturated carbocycles. The molecule has 1 aromatic heterocycles. The molecule has 2 aliphatic rings. The molecular weight excluding hydrogens is 324 g/mol. The number of likely N-dealkylation sites (N-methyl/N-ethyl adjacent to an activating group) is 1. The van der Waals surface area contributed by atoms with Crippen LogP contribution in [0.3, 0.4) is 0 Å². The number of halogens is 4. The number of alkyl halides is 2. The Balaban J connectivity index is 1.82. The van der Waals surface area contributed by atoms with Gasteiger partial charge >= 0.3 is 0 Å². The number of ether oxygens (including phenoxy) is 1. The molecule has 1 fully saturated rings.